The minimum atomic E-state index is -0.255. The zero-order valence-corrected chi connectivity index (χ0v) is 22.3. The van der Waals surface area contributed by atoms with Crippen LogP contribution in [0.15, 0.2) is 109 Å². The van der Waals surface area contributed by atoms with Gasteiger partial charge >= 0.3 is 0 Å². The molecular weight excluding hydrogens is 484 g/mol. The SMILES string of the molecule is CC(C)(C)c1ccc(C(c2ccc(O)c(-c3ccccc3O)c2)c2ccc(O)c(-c3ccccc3O)c2)cc1. The van der Waals surface area contributed by atoms with Crippen molar-refractivity contribution in [3.05, 3.63) is 131 Å². The van der Waals surface area contributed by atoms with E-state index in [1.54, 1.807) is 48.5 Å². The molecule has 0 radical (unpaired) electrons. The molecule has 39 heavy (non-hydrogen) atoms. The summed E-state index contributed by atoms with van der Waals surface area (Å²) in [5.41, 5.74) is 6.20. The van der Waals surface area contributed by atoms with E-state index in [-0.39, 0.29) is 34.3 Å². The number of hydrogen-bond acceptors (Lipinski definition) is 4. The van der Waals surface area contributed by atoms with Gasteiger partial charge in [0.1, 0.15) is 23.0 Å². The molecule has 4 nitrogen and oxygen atoms in total. The Balaban J connectivity index is 1.71. The summed E-state index contributed by atoms with van der Waals surface area (Å²) in [5.74, 6) is 0.0600. The maximum Gasteiger partial charge on any atom is 0.123 e. The lowest BCUT2D eigenvalue weighted by Crippen LogP contribution is -2.11. The first-order chi connectivity index (χ1) is 18.6. The summed E-state index contributed by atoms with van der Waals surface area (Å²) >= 11 is 0. The van der Waals surface area contributed by atoms with E-state index in [1.807, 2.05) is 36.4 Å². The van der Waals surface area contributed by atoms with Crippen molar-refractivity contribution >= 4 is 0 Å². The first-order valence-corrected chi connectivity index (χ1v) is 13.0. The molecule has 0 amide bonds. The van der Waals surface area contributed by atoms with Crippen molar-refractivity contribution in [2.75, 3.05) is 0 Å². The third-order valence-electron chi connectivity index (χ3n) is 7.21. The molecule has 0 atom stereocenters. The molecule has 0 spiro atoms. The molecule has 5 aromatic rings. The van der Waals surface area contributed by atoms with Crippen LogP contribution in [0.3, 0.4) is 0 Å². The van der Waals surface area contributed by atoms with E-state index in [0.717, 1.165) is 16.7 Å². The number of benzene rings is 5. The Kier molecular flexibility index (Phi) is 6.80. The average molecular weight is 517 g/mol. The Morgan fingerprint density at radius 3 is 1.23 bits per heavy atom. The fourth-order valence-corrected chi connectivity index (χ4v) is 5.05. The van der Waals surface area contributed by atoms with E-state index in [2.05, 4.69) is 45.0 Å². The highest BCUT2D eigenvalue weighted by molar-refractivity contribution is 5.78. The Morgan fingerprint density at radius 2 is 0.821 bits per heavy atom. The minimum Gasteiger partial charge on any atom is -0.507 e. The molecule has 4 N–H and O–H groups in total. The van der Waals surface area contributed by atoms with Crippen molar-refractivity contribution in [3.8, 4) is 45.3 Å². The van der Waals surface area contributed by atoms with Crippen LogP contribution in [-0.4, -0.2) is 20.4 Å². The largest absolute Gasteiger partial charge is 0.507 e. The summed E-state index contributed by atoms with van der Waals surface area (Å²) in [6, 6.07) is 33.3. The average Bonchev–Trinajstić information content (AvgIpc) is 2.91. The van der Waals surface area contributed by atoms with E-state index in [1.165, 1.54) is 5.56 Å². The quantitative estimate of drug-likeness (QED) is 0.177. The molecule has 0 saturated carbocycles. The van der Waals surface area contributed by atoms with Gasteiger partial charge in [-0.3, -0.25) is 0 Å². The van der Waals surface area contributed by atoms with Gasteiger partial charge < -0.3 is 20.4 Å². The number of phenolic OH excluding ortho intramolecular Hbond substituents is 4. The topological polar surface area (TPSA) is 80.9 Å². The number of para-hydroxylation sites is 2. The van der Waals surface area contributed by atoms with Crippen molar-refractivity contribution in [2.45, 2.75) is 32.1 Å². The van der Waals surface area contributed by atoms with Gasteiger partial charge in [0, 0.05) is 28.2 Å². The van der Waals surface area contributed by atoms with Gasteiger partial charge in [-0.25, -0.2) is 0 Å². The third kappa shape index (κ3) is 5.19. The van der Waals surface area contributed by atoms with Gasteiger partial charge in [-0.1, -0.05) is 93.6 Å². The second kappa shape index (κ2) is 10.2. The summed E-state index contributed by atoms with van der Waals surface area (Å²) < 4.78 is 0. The van der Waals surface area contributed by atoms with Gasteiger partial charge in [-0.05, 0) is 64.1 Å². The molecule has 0 aromatic heterocycles. The Morgan fingerprint density at radius 1 is 0.436 bits per heavy atom. The lowest BCUT2D eigenvalue weighted by molar-refractivity contribution is 0.468. The predicted molar refractivity (Wildman–Crippen MR) is 157 cm³/mol. The molecule has 0 fully saturated rings. The molecular formula is C35H32O4. The summed E-state index contributed by atoms with van der Waals surface area (Å²) in [4.78, 5) is 0. The van der Waals surface area contributed by atoms with Crippen molar-refractivity contribution in [1.82, 2.24) is 0 Å². The van der Waals surface area contributed by atoms with Crippen LogP contribution in [0.5, 0.6) is 23.0 Å². The number of phenols is 4. The van der Waals surface area contributed by atoms with Gasteiger partial charge in [0.15, 0.2) is 0 Å². The van der Waals surface area contributed by atoms with Gasteiger partial charge in [0.2, 0.25) is 0 Å². The minimum absolute atomic E-state index is 0.00110. The monoisotopic (exact) mass is 516 g/mol. The van der Waals surface area contributed by atoms with Crippen LogP contribution in [-0.2, 0) is 5.41 Å². The molecule has 0 bridgehead atoms. The van der Waals surface area contributed by atoms with E-state index in [9.17, 15) is 20.4 Å². The highest BCUT2D eigenvalue weighted by Gasteiger charge is 2.23. The van der Waals surface area contributed by atoms with Crippen molar-refractivity contribution < 1.29 is 20.4 Å². The van der Waals surface area contributed by atoms with Crippen molar-refractivity contribution in [3.63, 3.8) is 0 Å². The molecule has 5 rings (SSSR count). The van der Waals surface area contributed by atoms with Crippen LogP contribution in [0.1, 0.15) is 48.9 Å². The molecule has 0 unspecified atom stereocenters. The maximum atomic E-state index is 10.7. The van der Waals surface area contributed by atoms with Crippen LogP contribution < -0.4 is 0 Å². The fraction of sp³-hybridized carbons (Fsp3) is 0.143. The molecule has 4 heteroatoms. The first kappa shape index (κ1) is 25.9. The normalized spacial score (nSPS) is 11.6. The molecule has 5 aromatic carbocycles. The highest BCUT2D eigenvalue weighted by atomic mass is 16.3. The Bertz CT molecular complexity index is 1530. The molecule has 0 heterocycles. The van der Waals surface area contributed by atoms with Crippen LogP contribution in [0, 0.1) is 0 Å². The highest BCUT2D eigenvalue weighted by Crippen LogP contribution is 2.43. The molecule has 0 aliphatic rings. The molecule has 0 aliphatic carbocycles. The van der Waals surface area contributed by atoms with Crippen LogP contribution in [0.2, 0.25) is 0 Å². The summed E-state index contributed by atoms with van der Waals surface area (Å²) in [5, 5.41) is 42.5. The van der Waals surface area contributed by atoms with Gasteiger partial charge in [0.25, 0.3) is 0 Å². The lowest BCUT2D eigenvalue weighted by atomic mass is 9.80. The van der Waals surface area contributed by atoms with Crippen LogP contribution in [0.4, 0.5) is 0 Å². The third-order valence-corrected chi connectivity index (χ3v) is 7.21. The zero-order chi connectivity index (χ0) is 27.7. The van der Waals surface area contributed by atoms with Gasteiger partial charge in [0.05, 0.1) is 0 Å². The number of rotatable bonds is 5. The van der Waals surface area contributed by atoms with Crippen molar-refractivity contribution in [2.24, 2.45) is 0 Å². The second-order valence-corrected chi connectivity index (χ2v) is 10.9. The standard InChI is InChI=1S/C35H32O4/c1-35(2,3)25-16-12-22(13-17-25)34(23-14-18-32(38)28(20-23)26-8-4-6-10-30(26)36)24-15-19-33(39)29(21-24)27-9-5-7-11-31(27)37/h4-21,34,36-39H,1-3H3. The predicted octanol–water partition coefficient (Wildman–Crippen LogP) is 8.32. The second-order valence-electron chi connectivity index (χ2n) is 10.9. The molecule has 196 valence electrons. The fourth-order valence-electron chi connectivity index (χ4n) is 5.05. The van der Waals surface area contributed by atoms with E-state index in [4.69, 9.17) is 0 Å². The van der Waals surface area contributed by atoms with Gasteiger partial charge in [-0.15, -0.1) is 0 Å². The molecule has 0 aliphatic heterocycles. The number of aromatic hydroxyl groups is 4. The van der Waals surface area contributed by atoms with E-state index >= 15 is 0 Å². The smallest absolute Gasteiger partial charge is 0.123 e. The Hall–Kier alpha value is -4.70. The van der Waals surface area contributed by atoms with E-state index in [0.29, 0.717) is 22.3 Å². The van der Waals surface area contributed by atoms with Crippen LogP contribution >= 0.6 is 0 Å². The summed E-state index contributed by atoms with van der Waals surface area (Å²) in [6.07, 6.45) is 0. The summed E-state index contributed by atoms with van der Waals surface area (Å²) in [7, 11) is 0. The van der Waals surface area contributed by atoms with Crippen LogP contribution in [0.25, 0.3) is 22.3 Å². The van der Waals surface area contributed by atoms with Gasteiger partial charge in [-0.2, -0.15) is 0 Å². The van der Waals surface area contributed by atoms with Crippen molar-refractivity contribution in [1.29, 1.82) is 0 Å². The van der Waals surface area contributed by atoms with E-state index < -0.39 is 0 Å². The molecule has 0 saturated heterocycles. The maximum absolute atomic E-state index is 10.7. The lowest BCUT2D eigenvalue weighted by Gasteiger charge is -2.24. The number of hydrogen-bond donors (Lipinski definition) is 4. The summed E-state index contributed by atoms with van der Waals surface area (Å²) in [6.45, 7) is 6.53. The zero-order valence-electron chi connectivity index (χ0n) is 22.3. The first-order valence-electron chi connectivity index (χ1n) is 13.0. The Labute approximate surface area is 229 Å².